The van der Waals surface area contributed by atoms with E-state index in [1.807, 2.05) is 85.2 Å². The Bertz CT molecular complexity index is 6490. The number of amides is 4. The summed E-state index contributed by atoms with van der Waals surface area (Å²) in [5.41, 5.74) is 11.1. The summed E-state index contributed by atoms with van der Waals surface area (Å²) in [7, 11) is 2.75. The van der Waals surface area contributed by atoms with E-state index in [0.717, 1.165) is 215 Å². The van der Waals surface area contributed by atoms with Gasteiger partial charge in [0.1, 0.15) is 61.0 Å². The van der Waals surface area contributed by atoms with Gasteiger partial charge < -0.3 is 74.8 Å². The molecule has 8 fully saturated rings. The minimum atomic E-state index is -1.17. The van der Waals surface area contributed by atoms with Crippen molar-refractivity contribution in [1.82, 2.24) is 69.7 Å². The number of piperidine rings is 7. The predicted octanol–water partition coefficient (Wildman–Crippen LogP) is 13.5. The summed E-state index contributed by atoms with van der Waals surface area (Å²) in [6.07, 6.45) is 17.9. The quantitative estimate of drug-likeness (QED) is 0.0332. The van der Waals surface area contributed by atoms with Crippen LogP contribution in [0, 0.1) is 19.7 Å². The fourth-order valence-corrected chi connectivity index (χ4v) is 27.8. The molecular formula is C110H143FN22O12S4. The Morgan fingerprint density at radius 3 is 1.36 bits per heavy atom. The fraction of sp³-hybridized carbons (Fsp3) is 0.527. The van der Waals surface area contributed by atoms with E-state index in [0.29, 0.717) is 176 Å². The zero-order chi connectivity index (χ0) is 102. The molecule has 5 N–H and O–H groups in total. The Labute approximate surface area is 883 Å². The second-order valence-electron chi connectivity index (χ2n) is 41.0. The first-order valence-electron chi connectivity index (χ1n) is 52.2. The van der Waals surface area contributed by atoms with Crippen LogP contribution in [-0.4, -0.2) is 284 Å². The van der Waals surface area contributed by atoms with Gasteiger partial charge in [0, 0.05) is 241 Å². The summed E-state index contributed by atoms with van der Waals surface area (Å²) >= 11 is 0. The molecule has 4 amide bonds. The van der Waals surface area contributed by atoms with Gasteiger partial charge in [-0.1, -0.05) is 124 Å². The molecule has 10 aromatic rings. The lowest BCUT2D eigenvalue weighted by Crippen LogP contribution is -2.50. The molecule has 7 atom stereocenters. The number of aryl methyl sites for hydroxylation is 7. The van der Waals surface area contributed by atoms with Gasteiger partial charge in [-0.15, -0.1) is 0 Å². The maximum Gasteiger partial charge on any atom is 0.246 e. The number of rotatable bonds is 25. The van der Waals surface area contributed by atoms with E-state index >= 15 is 0 Å². The number of ketones is 1. The molecule has 0 aliphatic carbocycles. The van der Waals surface area contributed by atoms with Gasteiger partial charge in [0.25, 0.3) is 0 Å². The number of fused-ring (bicyclic) bond motifs is 4. The van der Waals surface area contributed by atoms with Crippen LogP contribution in [0.3, 0.4) is 0 Å². The van der Waals surface area contributed by atoms with Crippen LogP contribution in [0.4, 0.5) is 51.5 Å². The van der Waals surface area contributed by atoms with Crippen molar-refractivity contribution in [2.75, 3.05) is 190 Å². The Morgan fingerprint density at radius 2 is 0.913 bits per heavy atom. The molecule has 796 valence electrons. The van der Waals surface area contributed by atoms with Crippen LogP contribution in [0.2, 0.25) is 0 Å². The van der Waals surface area contributed by atoms with E-state index in [2.05, 4.69) is 108 Å². The highest BCUT2D eigenvalue weighted by Gasteiger charge is 2.46. The molecule has 8 saturated heterocycles. The molecule has 149 heavy (non-hydrogen) atoms. The molecule has 12 aliphatic heterocycles. The summed E-state index contributed by atoms with van der Waals surface area (Å²) in [4.78, 5) is 119. The van der Waals surface area contributed by atoms with E-state index in [1.165, 1.54) is 41.6 Å². The normalized spacial score (nSPS) is 22.1. The summed E-state index contributed by atoms with van der Waals surface area (Å²) in [6, 6.07) is 39.7. The van der Waals surface area contributed by atoms with Gasteiger partial charge in [-0.05, 0) is 157 Å². The zero-order valence-corrected chi connectivity index (χ0v) is 88.4. The average molecular weight is 2110 g/mol. The van der Waals surface area contributed by atoms with Crippen molar-refractivity contribution in [1.29, 1.82) is 0 Å². The fourth-order valence-electron chi connectivity index (χ4n) is 22.6. The number of methoxy groups -OCH3 is 1. The van der Waals surface area contributed by atoms with Crippen LogP contribution < -0.4 is 46.2 Å². The number of carbonyl (C=O) groups is 5. The van der Waals surface area contributed by atoms with Gasteiger partial charge >= 0.3 is 0 Å². The largest absolute Gasteiger partial charge is 0.463 e. The molecule has 0 saturated carbocycles. The maximum absolute atomic E-state index is 14.1. The molecular weight excluding hydrogens is 1970 g/mol. The minimum absolute atomic E-state index is 0. The van der Waals surface area contributed by atoms with E-state index in [-0.39, 0.29) is 80.2 Å². The lowest BCUT2D eigenvalue weighted by molar-refractivity contribution is -0.134. The van der Waals surface area contributed by atoms with E-state index in [4.69, 9.17) is 53.8 Å². The van der Waals surface area contributed by atoms with Crippen LogP contribution >= 0.6 is 0 Å². The smallest absolute Gasteiger partial charge is 0.246 e. The van der Waals surface area contributed by atoms with Crippen LogP contribution in [-0.2, 0) is 115 Å². The number of hydrogen-bond acceptors (Lipinski definition) is 29. The highest BCUT2D eigenvalue weighted by atomic mass is 32.2. The number of likely N-dealkylation sites (N-methyl/N-ethyl adjacent to an activating group) is 2. The number of carbonyl (C=O) groups excluding carboxylic acids is 5. The molecule has 18 heterocycles. The number of nitrogens with zero attached hydrogens (tertiary/aromatic N) is 17. The number of halogens is 1. The molecule has 0 spiro atoms. The van der Waals surface area contributed by atoms with E-state index < -0.39 is 48.6 Å². The number of nitrogens with one attached hydrogen (secondary N) is 5. The number of furan rings is 1. The van der Waals surface area contributed by atoms with Crippen molar-refractivity contribution in [3.8, 4) is 11.5 Å². The molecule has 4 unspecified atom stereocenters. The van der Waals surface area contributed by atoms with Crippen molar-refractivity contribution >= 4 is 120 Å². The number of benzene rings is 4. The van der Waals surface area contributed by atoms with Crippen molar-refractivity contribution in [2.45, 2.75) is 237 Å². The van der Waals surface area contributed by atoms with Crippen LogP contribution in [0.1, 0.15) is 209 Å². The lowest BCUT2D eigenvalue weighted by atomic mass is 9.68. The third-order valence-electron chi connectivity index (χ3n) is 31.1. The van der Waals surface area contributed by atoms with Crippen LogP contribution in [0.5, 0.6) is 0 Å². The molecule has 12 aliphatic rings. The van der Waals surface area contributed by atoms with E-state index in [1.54, 1.807) is 35.2 Å². The number of ether oxygens (including phenoxy) is 2. The van der Waals surface area contributed by atoms with Gasteiger partial charge in [0.05, 0.1) is 77.7 Å². The van der Waals surface area contributed by atoms with Gasteiger partial charge in [0.2, 0.25) is 47.4 Å². The Hall–Kier alpha value is -11.9. The molecule has 0 bridgehead atoms. The highest BCUT2D eigenvalue weighted by Crippen LogP contribution is 2.45. The van der Waals surface area contributed by atoms with Crippen LogP contribution in [0.25, 0.3) is 11.5 Å². The Kier molecular flexibility index (Phi) is 35.3. The van der Waals surface area contributed by atoms with Crippen molar-refractivity contribution in [3.05, 3.63) is 195 Å². The second kappa shape index (κ2) is 48.6. The molecule has 39 heteroatoms. The van der Waals surface area contributed by atoms with Gasteiger partial charge in [-0.3, -0.25) is 45.5 Å². The predicted molar refractivity (Wildman–Crippen MR) is 581 cm³/mol. The number of anilines is 8. The van der Waals surface area contributed by atoms with Crippen molar-refractivity contribution in [2.24, 2.45) is 7.05 Å². The van der Waals surface area contributed by atoms with Crippen molar-refractivity contribution in [3.63, 3.8) is 0 Å². The molecule has 4 aromatic carbocycles. The average Bonchev–Trinajstić information content (AvgIpc) is 1.53. The Morgan fingerprint density at radius 1 is 0.477 bits per heavy atom. The summed E-state index contributed by atoms with van der Waals surface area (Å²) < 4.78 is 83.0. The van der Waals surface area contributed by atoms with E-state index in [9.17, 15) is 45.2 Å². The lowest BCUT2D eigenvalue weighted by Gasteiger charge is -2.42. The zero-order valence-electron chi connectivity index (χ0n) is 85.1. The highest BCUT2D eigenvalue weighted by molar-refractivity contribution is 7.86. The van der Waals surface area contributed by atoms with Gasteiger partial charge in [0.15, 0.2) is 11.5 Å². The van der Waals surface area contributed by atoms with Crippen molar-refractivity contribution < 1.29 is 59.1 Å². The molecule has 34 nitrogen and oxygen atoms in total. The standard InChI is InChI=1S/C31H34FN5O3S.C27H36N6O4S.C26H35N5O2S.C24H30N6O3S.2CH4/c1-20-3-5-21(6-4-20)28(39)31(22-7-9-23(32)10-8-22)14-16-37(17-15-31)30-34-25-13-18-41(40)27(25)29(35-30)33-24-11-12-26(38)36(2)19-24;1-32-16-20(8-9-23(32)35)29-25-24-21(10-15-38(24)36)30-26(31-25)33-13-11-27(12-14-33,18-28-22(34)17-37-2)19-6-4-3-5-7-19;1-3-13-31-17-21(8-9-23(31)32)27-25-24-22(12-16-34(24)33)28-26(29-25)30-14-10-20(11-15-30)19-6-4-18(2)5-7-19;1-29-20(15-19(28-29)21-3-2-11-33-21)16-4-9-30(10-5-16)24-26-18-8-14-34(31)22(18)23(27-24)25-17-6-12-32-13-7-17;;/h3-10,24H,11-19H2,1-2H3,(H,33,34,35);3-7,20H,8-18H2,1-2H3,(H,28,34)(H,29,30,31);4-7,20-21H,3,8-17H2,1-2H3,(H,27,28,29);2-3,11,15-17H,4-10,12-14H2,1H3,(H,25,26,27);2*1H4/t24-,41?;20-,38?;21-,34?;;;/m000.../s1. The topological polar surface area (TPSA) is 389 Å². The molecule has 22 rings (SSSR count). The number of Topliss-reactive ketones (excluding diaryl/α,β-unsaturated/α-hetero) is 1. The van der Waals surface area contributed by atoms with Gasteiger partial charge in [-0.2, -0.15) is 25.0 Å². The van der Waals surface area contributed by atoms with Crippen LogP contribution in [0.15, 0.2) is 152 Å². The summed E-state index contributed by atoms with van der Waals surface area (Å²) in [5, 5.41) is 21.9. The summed E-state index contributed by atoms with van der Waals surface area (Å²) in [6.45, 7) is 17.1. The Balaban J connectivity index is 0.000000135. The number of hydrogen-bond donors (Lipinski definition) is 5. The second-order valence-corrected chi connectivity index (χ2v) is 47.0. The molecule has 0 radical (unpaired) electrons. The molecule has 6 aromatic heterocycles. The van der Waals surface area contributed by atoms with Gasteiger partial charge in [-0.25, -0.2) is 24.3 Å². The third kappa shape index (κ3) is 24.8. The minimum Gasteiger partial charge on any atom is -0.463 e. The monoisotopic (exact) mass is 2110 g/mol. The first kappa shape index (κ1) is 108. The third-order valence-corrected chi connectivity index (χ3v) is 36.9. The first-order valence-corrected chi connectivity index (χ1v) is 57.5. The SMILES string of the molecule is C.C.CCCN1C[C@@H](Nc2nc(N3CCC(c4ccc(C)cc4)CC3)nc3c2S(=O)CC3)CCC1=O.COCC(=O)NCC1(c2ccccc2)CCN(c2nc3c(c(N[C@H]4CCC(=O)N(C)C4)n2)S(=O)CC3)CC1.Cc1ccc(C(=O)C2(c3ccc(F)cc3)CCN(c3nc4c(c(N[C@H]5CCC(=O)N(C)C5)n3)S(=O)CC4)CC2)cc1.Cn1nc(-c2ccco2)cc1C1CCN(c2nc3c(c(NC4CCOCC4)n2)S(=O)CC3)CC1. The summed E-state index contributed by atoms with van der Waals surface area (Å²) in [5.74, 6) is 9.62. The number of aromatic nitrogens is 10. The number of likely N-dealkylation sites (tertiary alicyclic amines) is 3. The maximum atomic E-state index is 14.1. The first-order chi connectivity index (χ1) is 71.3.